The SMILES string of the molecule is Cc1ccc2c(COC(=O)c3c[nH]c4ccccc34)cc(=O)oc2c1. The molecule has 0 aliphatic heterocycles. The molecule has 2 heterocycles. The molecular formula is C20H15NO4. The molecule has 0 fully saturated rings. The third-order valence-corrected chi connectivity index (χ3v) is 4.15. The van der Waals surface area contributed by atoms with Crippen molar-refractivity contribution in [2.24, 2.45) is 0 Å². The Morgan fingerprint density at radius 3 is 2.84 bits per heavy atom. The molecule has 0 bridgehead atoms. The Morgan fingerprint density at radius 2 is 1.96 bits per heavy atom. The lowest BCUT2D eigenvalue weighted by atomic mass is 10.1. The second-order valence-corrected chi connectivity index (χ2v) is 5.91. The van der Waals surface area contributed by atoms with E-state index in [4.69, 9.17) is 9.15 Å². The van der Waals surface area contributed by atoms with Crippen LogP contribution in [0.25, 0.3) is 21.9 Å². The lowest BCUT2D eigenvalue weighted by Crippen LogP contribution is -2.07. The monoisotopic (exact) mass is 333 g/mol. The fourth-order valence-corrected chi connectivity index (χ4v) is 2.92. The summed E-state index contributed by atoms with van der Waals surface area (Å²) in [5.74, 6) is -0.439. The van der Waals surface area contributed by atoms with E-state index in [9.17, 15) is 9.59 Å². The second-order valence-electron chi connectivity index (χ2n) is 5.91. The van der Waals surface area contributed by atoms with Gasteiger partial charge in [0.25, 0.3) is 0 Å². The smallest absolute Gasteiger partial charge is 0.340 e. The van der Waals surface area contributed by atoms with Gasteiger partial charge >= 0.3 is 11.6 Å². The zero-order valence-electron chi connectivity index (χ0n) is 13.5. The highest BCUT2D eigenvalue weighted by Crippen LogP contribution is 2.21. The minimum absolute atomic E-state index is 0.00347. The second kappa shape index (κ2) is 5.94. The van der Waals surface area contributed by atoms with Gasteiger partial charge in [0.1, 0.15) is 12.2 Å². The van der Waals surface area contributed by atoms with Crippen molar-refractivity contribution >= 4 is 27.8 Å². The zero-order chi connectivity index (χ0) is 17.4. The molecule has 0 spiro atoms. The van der Waals surface area contributed by atoms with Crippen LogP contribution < -0.4 is 5.63 Å². The summed E-state index contributed by atoms with van der Waals surface area (Å²) in [4.78, 5) is 27.2. The zero-order valence-corrected chi connectivity index (χ0v) is 13.5. The van der Waals surface area contributed by atoms with Crippen LogP contribution in [0, 0.1) is 6.92 Å². The van der Waals surface area contributed by atoms with Gasteiger partial charge in [-0.15, -0.1) is 0 Å². The van der Waals surface area contributed by atoms with Crippen molar-refractivity contribution in [2.75, 3.05) is 0 Å². The molecule has 0 amide bonds. The fourth-order valence-electron chi connectivity index (χ4n) is 2.92. The predicted molar refractivity (Wildman–Crippen MR) is 94.6 cm³/mol. The number of H-pyrrole nitrogens is 1. The van der Waals surface area contributed by atoms with Gasteiger partial charge in [-0.2, -0.15) is 0 Å². The summed E-state index contributed by atoms with van der Waals surface area (Å²) in [5.41, 5.74) is 2.99. The first kappa shape index (κ1) is 15.2. The first-order valence-corrected chi connectivity index (χ1v) is 7.88. The van der Waals surface area contributed by atoms with Crippen LogP contribution in [0.15, 0.2) is 63.9 Å². The Balaban J connectivity index is 1.64. The Kier molecular flexibility index (Phi) is 3.61. The maximum Gasteiger partial charge on any atom is 0.340 e. The standard InChI is InChI=1S/C20H15NO4/c1-12-6-7-14-13(9-19(22)25-18(14)8-12)11-24-20(23)16-10-21-17-5-3-2-4-15(16)17/h2-10,21H,11H2,1H3. The molecule has 1 N–H and O–H groups in total. The van der Waals surface area contributed by atoms with E-state index in [1.165, 1.54) is 6.07 Å². The molecule has 0 aliphatic carbocycles. The van der Waals surface area contributed by atoms with Gasteiger partial charge in [-0.25, -0.2) is 9.59 Å². The van der Waals surface area contributed by atoms with E-state index < -0.39 is 11.6 Å². The van der Waals surface area contributed by atoms with Crippen LogP contribution in [-0.4, -0.2) is 11.0 Å². The highest BCUT2D eigenvalue weighted by molar-refractivity contribution is 6.04. The summed E-state index contributed by atoms with van der Waals surface area (Å²) in [5, 5.41) is 1.57. The van der Waals surface area contributed by atoms with Gasteiger partial charge in [0.15, 0.2) is 0 Å². The number of benzene rings is 2. The number of esters is 1. The number of aromatic amines is 1. The van der Waals surface area contributed by atoms with Crippen molar-refractivity contribution < 1.29 is 13.9 Å². The van der Waals surface area contributed by atoms with Crippen LogP contribution in [0.1, 0.15) is 21.5 Å². The maximum atomic E-state index is 12.4. The molecule has 4 rings (SSSR count). The number of aromatic nitrogens is 1. The van der Waals surface area contributed by atoms with E-state index in [0.717, 1.165) is 21.9 Å². The fraction of sp³-hybridized carbons (Fsp3) is 0.100. The molecule has 124 valence electrons. The van der Waals surface area contributed by atoms with Crippen molar-refractivity contribution in [1.29, 1.82) is 0 Å². The summed E-state index contributed by atoms with van der Waals surface area (Å²) in [6.07, 6.45) is 1.63. The quantitative estimate of drug-likeness (QED) is 0.455. The van der Waals surface area contributed by atoms with E-state index in [1.54, 1.807) is 12.3 Å². The number of nitrogens with one attached hydrogen (secondary N) is 1. The molecule has 0 saturated carbocycles. The highest BCUT2D eigenvalue weighted by Gasteiger charge is 2.14. The van der Waals surface area contributed by atoms with Gasteiger partial charge < -0.3 is 14.1 Å². The number of fused-ring (bicyclic) bond motifs is 2. The Labute approximate surface area is 142 Å². The molecule has 0 saturated heterocycles. The van der Waals surface area contributed by atoms with Gasteiger partial charge in [0.05, 0.1) is 5.56 Å². The molecule has 0 atom stereocenters. The van der Waals surface area contributed by atoms with Gasteiger partial charge in [0.2, 0.25) is 0 Å². The van der Waals surface area contributed by atoms with E-state index >= 15 is 0 Å². The van der Waals surface area contributed by atoms with Crippen LogP contribution in [-0.2, 0) is 11.3 Å². The van der Waals surface area contributed by atoms with E-state index in [2.05, 4.69) is 4.98 Å². The minimum atomic E-state index is -0.462. The number of hydrogen-bond acceptors (Lipinski definition) is 4. The molecule has 0 unspecified atom stereocenters. The number of para-hydroxylation sites is 1. The summed E-state index contributed by atoms with van der Waals surface area (Å²) < 4.78 is 10.7. The molecule has 2 aromatic carbocycles. The number of carbonyl (C=O) groups is 1. The third kappa shape index (κ3) is 2.80. The Morgan fingerprint density at radius 1 is 1.12 bits per heavy atom. The van der Waals surface area contributed by atoms with Crippen molar-refractivity contribution in [3.63, 3.8) is 0 Å². The molecule has 4 aromatic rings. The summed E-state index contributed by atoms with van der Waals surface area (Å²) in [6, 6.07) is 14.5. The van der Waals surface area contributed by atoms with Crippen molar-refractivity contribution in [3.05, 3.63) is 81.8 Å². The molecule has 5 nitrogen and oxygen atoms in total. The largest absolute Gasteiger partial charge is 0.457 e. The molecule has 25 heavy (non-hydrogen) atoms. The highest BCUT2D eigenvalue weighted by atomic mass is 16.5. The molecule has 0 radical (unpaired) electrons. The molecule has 5 heteroatoms. The van der Waals surface area contributed by atoms with Crippen molar-refractivity contribution in [1.82, 2.24) is 4.98 Å². The van der Waals surface area contributed by atoms with E-state index in [0.29, 0.717) is 16.7 Å². The van der Waals surface area contributed by atoms with Crippen molar-refractivity contribution in [2.45, 2.75) is 13.5 Å². The summed E-state index contributed by atoms with van der Waals surface area (Å²) in [6.45, 7) is 1.92. The Bertz CT molecular complexity index is 1150. The normalized spacial score (nSPS) is 11.1. The van der Waals surface area contributed by atoms with Crippen LogP contribution in [0.2, 0.25) is 0 Å². The lowest BCUT2D eigenvalue weighted by molar-refractivity contribution is 0.0476. The van der Waals surface area contributed by atoms with E-state index in [-0.39, 0.29) is 6.61 Å². The predicted octanol–water partition coefficient (Wildman–Crippen LogP) is 3.94. The molecule has 0 aliphatic rings. The molecular weight excluding hydrogens is 318 g/mol. The molecule has 2 aromatic heterocycles. The van der Waals surface area contributed by atoms with Crippen LogP contribution in [0.3, 0.4) is 0 Å². The topological polar surface area (TPSA) is 72.3 Å². The maximum absolute atomic E-state index is 12.4. The number of carbonyl (C=O) groups excluding carboxylic acids is 1. The van der Waals surface area contributed by atoms with Crippen molar-refractivity contribution in [3.8, 4) is 0 Å². The van der Waals surface area contributed by atoms with Gasteiger partial charge in [-0.1, -0.05) is 30.3 Å². The van der Waals surface area contributed by atoms with Crippen LogP contribution >= 0.6 is 0 Å². The summed E-state index contributed by atoms with van der Waals surface area (Å²) >= 11 is 0. The van der Waals surface area contributed by atoms with E-state index in [1.807, 2.05) is 43.3 Å². The lowest BCUT2D eigenvalue weighted by Gasteiger charge is -2.07. The average molecular weight is 333 g/mol. The minimum Gasteiger partial charge on any atom is -0.457 e. The third-order valence-electron chi connectivity index (χ3n) is 4.15. The Hall–Kier alpha value is -3.34. The number of aryl methyl sites for hydroxylation is 1. The number of hydrogen-bond donors (Lipinski definition) is 1. The number of ether oxygens (including phenoxy) is 1. The first-order valence-electron chi connectivity index (χ1n) is 7.88. The van der Waals surface area contributed by atoms with Gasteiger partial charge in [-0.3, -0.25) is 0 Å². The summed E-state index contributed by atoms with van der Waals surface area (Å²) in [7, 11) is 0. The average Bonchev–Trinajstić information content (AvgIpc) is 3.03. The number of rotatable bonds is 3. The first-order chi connectivity index (χ1) is 12.1. The van der Waals surface area contributed by atoms with Gasteiger partial charge in [0, 0.05) is 34.1 Å². The van der Waals surface area contributed by atoms with Crippen LogP contribution in [0.5, 0.6) is 0 Å². The van der Waals surface area contributed by atoms with Gasteiger partial charge in [-0.05, 0) is 24.6 Å². The van der Waals surface area contributed by atoms with Crippen LogP contribution in [0.4, 0.5) is 0 Å².